The van der Waals surface area contributed by atoms with E-state index in [4.69, 9.17) is 0 Å². The Kier molecular flexibility index (Phi) is 3.40. The monoisotopic (exact) mass is 287 g/mol. The minimum absolute atomic E-state index is 0.316. The van der Waals surface area contributed by atoms with Crippen LogP contribution in [0, 0.1) is 6.92 Å². The lowest BCUT2D eigenvalue weighted by Gasteiger charge is -2.07. The summed E-state index contributed by atoms with van der Waals surface area (Å²) in [6.07, 6.45) is 3.71. The van der Waals surface area contributed by atoms with E-state index in [1.807, 2.05) is 24.0 Å². The van der Waals surface area contributed by atoms with E-state index in [0.717, 1.165) is 34.0 Å². The molecular formula is C14H17N5S. The maximum atomic E-state index is 4.50. The standard InChI is InChI=1S/C14H17N5S/c1-9(2)19-14-11(5-17-19)4-12(6-16-14)15-7-13-8-20-10(3)18-13/h4-6,8-9,15H,7H2,1-3H3. The zero-order valence-corrected chi connectivity index (χ0v) is 12.6. The first kappa shape index (κ1) is 13.1. The summed E-state index contributed by atoms with van der Waals surface area (Å²) in [5.41, 5.74) is 2.98. The number of thiazole rings is 1. The summed E-state index contributed by atoms with van der Waals surface area (Å²) in [6, 6.07) is 2.39. The van der Waals surface area contributed by atoms with Gasteiger partial charge in [0.1, 0.15) is 0 Å². The van der Waals surface area contributed by atoms with Gasteiger partial charge in [0.15, 0.2) is 5.65 Å². The van der Waals surface area contributed by atoms with Crippen molar-refractivity contribution in [3.8, 4) is 0 Å². The van der Waals surface area contributed by atoms with Crippen molar-refractivity contribution >= 4 is 28.1 Å². The molecule has 20 heavy (non-hydrogen) atoms. The van der Waals surface area contributed by atoms with Gasteiger partial charge < -0.3 is 5.32 Å². The van der Waals surface area contributed by atoms with E-state index in [1.54, 1.807) is 11.3 Å². The molecule has 0 aliphatic heterocycles. The van der Waals surface area contributed by atoms with Crippen molar-refractivity contribution in [2.24, 2.45) is 0 Å². The Balaban J connectivity index is 1.79. The SMILES string of the molecule is Cc1nc(CNc2cnc3c(cnn3C(C)C)c2)cs1. The smallest absolute Gasteiger partial charge is 0.158 e. The molecule has 0 unspecified atom stereocenters. The maximum absolute atomic E-state index is 4.50. The van der Waals surface area contributed by atoms with E-state index < -0.39 is 0 Å². The number of aryl methyl sites for hydroxylation is 1. The maximum Gasteiger partial charge on any atom is 0.158 e. The Hall–Kier alpha value is -1.95. The third kappa shape index (κ3) is 2.51. The molecule has 3 aromatic rings. The summed E-state index contributed by atoms with van der Waals surface area (Å²) in [5.74, 6) is 0. The summed E-state index contributed by atoms with van der Waals surface area (Å²) < 4.78 is 1.93. The molecule has 0 bridgehead atoms. The van der Waals surface area contributed by atoms with Crippen LogP contribution in [0.1, 0.15) is 30.6 Å². The number of nitrogens with one attached hydrogen (secondary N) is 1. The number of hydrogen-bond acceptors (Lipinski definition) is 5. The fourth-order valence-corrected chi connectivity index (χ4v) is 2.71. The van der Waals surface area contributed by atoms with Crippen LogP contribution in [0.2, 0.25) is 0 Å². The van der Waals surface area contributed by atoms with Gasteiger partial charge in [-0.3, -0.25) is 0 Å². The first-order chi connectivity index (χ1) is 9.63. The number of anilines is 1. The highest BCUT2D eigenvalue weighted by molar-refractivity contribution is 7.09. The molecule has 0 radical (unpaired) electrons. The molecule has 0 spiro atoms. The van der Waals surface area contributed by atoms with E-state index >= 15 is 0 Å². The fourth-order valence-electron chi connectivity index (χ4n) is 2.10. The molecule has 0 atom stereocenters. The second kappa shape index (κ2) is 5.20. The molecule has 3 aromatic heterocycles. The first-order valence-corrected chi connectivity index (χ1v) is 7.49. The molecule has 3 rings (SSSR count). The molecule has 0 aromatic carbocycles. The Morgan fingerprint density at radius 2 is 2.20 bits per heavy atom. The lowest BCUT2D eigenvalue weighted by atomic mass is 10.3. The van der Waals surface area contributed by atoms with Gasteiger partial charge in [-0.1, -0.05) is 0 Å². The van der Waals surface area contributed by atoms with Crippen LogP contribution in [-0.4, -0.2) is 19.7 Å². The van der Waals surface area contributed by atoms with E-state index in [2.05, 4.69) is 45.7 Å². The number of nitrogens with zero attached hydrogens (tertiary/aromatic N) is 4. The highest BCUT2D eigenvalue weighted by atomic mass is 32.1. The van der Waals surface area contributed by atoms with Crippen molar-refractivity contribution in [1.82, 2.24) is 19.7 Å². The lowest BCUT2D eigenvalue weighted by Crippen LogP contribution is -2.04. The molecule has 0 aliphatic carbocycles. The highest BCUT2D eigenvalue weighted by Gasteiger charge is 2.07. The van der Waals surface area contributed by atoms with Gasteiger partial charge in [0.2, 0.25) is 0 Å². The number of aromatic nitrogens is 4. The van der Waals surface area contributed by atoms with Crippen molar-refractivity contribution in [2.75, 3.05) is 5.32 Å². The van der Waals surface area contributed by atoms with Crippen molar-refractivity contribution in [3.05, 3.63) is 34.5 Å². The van der Waals surface area contributed by atoms with Crippen LogP contribution in [0.5, 0.6) is 0 Å². The van der Waals surface area contributed by atoms with Crippen molar-refractivity contribution in [2.45, 2.75) is 33.4 Å². The Morgan fingerprint density at radius 3 is 2.90 bits per heavy atom. The molecule has 3 heterocycles. The van der Waals surface area contributed by atoms with Crippen LogP contribution in [0.25, 0.3) is 11.0 Å². The second-order valence-corrected chi connectivity index (χ2v) is 6.09. The van der Waals surface area contributed by atoms with E-state index in [9.17, 15) is 0 Å². The zero-order chi connectivity index (χ0) is 14.1. The topological polar surface area (TPSA) is 55.6 Å². The number of rotatable bonds is 4. The van der Waals surface area contributed by atoms with Gasteiger partial charge in [-0.25, -0.2) is 14.6 Å². The van der Waals surface area contributed by atoms with Gasteiger partial charge >= 0.3 is 0 Å². The molecule has 0 amide bonds. The predicted octanol–water partition coefficient (Wildman–Crippen LogP) is 3.39. The molecule has 0 saturated heterocycles. The van der Waals surface area contributed by atoms with Gasteiger partial charge in [0, 0.05) is 16.8 Å². The average molecular weight is 287 g/mol. The van der Waals surface area contributed by atoms with Crippen LogP contribution in [0.15, 0.2) is 23.8 Å². The fraction of sp³-hybridized carbons (Fsp3) is 0.357. The Morgan fingerprint density at radius 1 is 1.35 bits per heavy atom. The average Bonchev–Trinajstić information content (AvgIpc) is 3.01. The van der Waals surface area contributed by atoms with Crippen LogP contribution in [0.4, 0.5) is 5.69 Å². The largest absolute Gasteiger partial charge is 0.378 e. The van der Waals surface area contributed by atoms with Crippen LogP contribution >= 0.6 is 11.3 Å². The highest BCUT2D eigenvalue weighted by Crippen LogP contribution is 2.19. The third-order valence-corrected chi connectivity index (χ3v) is 3.89. The summed E-state index contributed by atoms with van der Waals surface area (Å²) in [7, 11) is 0. The number of hydrogen-bond donors (Lipinski definition) is 1. The number of fused-ring (bicyclic) bond motifs is 1. The summed E-state index contributed by atoms with van der Waals surface area (Å²) >= 11 is 1.67. The van der Waals surface area contributed by atoms with Crippen molar-refractivity contribution < 1.29 is 0 Å². The molecular weight excluding hydrogens is 270 g/mol. The summed E-state index contributed by atoms with van der Waals surface area (Å²) in [4.78, 5) is 8.93. The third-order valence-electron chi connectivity index (χ3n) is 3.06. The van der Waals surface area contributed by atoms with Crippen LogP contribution in [-0.2, 0) is 6.54 Å². The molecule has 0 saturated carbocycles. The zero-order valence-electron chi connectivity index (χ0n) is 11.8. The van der Waals surface area contributed by atoms with Crippen LogP contribution < -0.4 is 5.32 Å². The van der Waals surface area contributed by atoms with Crippen molar-refractivity contribution in [3.63, 3.8) is 0 Å². The van der Waals surface area contributed by atoms with Crippen LogP contribution in [0.3, 0.4) is 0 Å². The molecule has 0 fully saturated rings. The summed E-state index contributed by atoms with van der Waals surface area (Å²) in [6.45, 7) is 6.94. The Bertz CT molecular complexity index is 728. The van der Waals surface area contributed by atoms with Gasteiger partial charge in [-0.05, 0) is 26.8 Å². The molecule has 6 heteroatoms. The van der Waals surface area contributed by atoms with E-state index in [0.29, 0.717) is 6.04 Å². The first-order valence-electron chi connectivity index (χ1n) is 6.61. The summed E-state index contributed by atoms with van der Waals surface area (Å²) in [5, 5.41) is 11.9. The minimum atomic E-state index is 0.316. The van der Waals surface area contributed by atoms with Gasteiger partial charge in [-0.15, -0.1) is 11.3 Å². The molecule has 5 nitrogen and oxygen atoms in total. The minimum Gasteiger partial charge on any atom is -0.378 e. The quantitative estimate of drug-likeness (QED) is 0.799. The lowest BCUT2D eigenvalue weighted by molar-refractivity contribution is 0.546. The Labute approximate surface area is 121 Å². The second-order valence-electron chi connectivity index (χ2n) is 5.03. The van der Waals surface area contributed by atoms with Gasteiger partial charge in [0.25, 0.3) is 0 Å². The van der Waals surface area contributed by atoms with Crippen molar-refractivity contribution in [1.29, 1.82) is 0 Å². The van der Waals surface area contributed by atoms with Gasteiger partial charge in [-0.2, -0.15) is 5.10 Å². The number of pyridine rings is 1. The normalized spacial score (nSPS) is 11.4. The molecule has 0 aliphatic rings. The van der Waals surface area contributed by atoms with E-state index in [-0.39, 0.29) is 0 Å². The molecule has 104 valence electrons. The predicted molar refractivity (Wildman–Crippen MR) is 82.1 cm³/mol. The van der Waals surface area contributed by atoms with Gasteiger partial charge in [0.05, 0.1) is 35.3 Å². The molecule has 1 N–H and O–H groups in total. The van der Waals surface area contributed by atoms with E-state index in [1.165, 1.54) is 0 Å².